The second-order valence-electron chi connectivity index (χ2n) is 7.94. The van der Waals surface area contributed by atoms with Crippen molar-refractivity contribution < 1.29 is 18.1 Å². The van der Waals surface area contributed by atoms with Crippen molar-refractivity contribution in [3.63, 3.8) is 0 Å². The third-order valence-corrected chi connectivity index (χ3v) is 6.38. The van der Waals surface area contributed by atoms with Crippen LogP contribution in [0.3, 0.4) is 0 Å². The Morgan fingerprint density at radius 3 is 2.55 bits per heavy atom. The summed E-state index contributed by atoms with van der Waals surface area (Å²) in [4.78, 5) is 15.0. The van der Waals surface area contributed by atoms with E-state index in [1.807, 2.05) is 20.8 Å². The molecule has 0 spiro atoms. The summed E-state index contributed by atoms with van der Waals surface area (Å²) in [5, 5.41) is 0.0942. The lowest BCUT2D eigenvalue weighted by Gasteiger charge is -2.25. The van der Waals surface area contributed by atoms with Crippen LogP contribution in [0.5, 0.6) is 11.5 Å². The van der Waals surface area contributed by atoms with Crippen LogP contribution in [0.4, 0.5) is 4.39 Å². The van der Waals surface area contributed by atoms with Gasteiger partial charge < -0.3 is 10.5 Å². The Bertz CT molecular complexity index is 943. The molecule has 3 N–H and O–H groups in total. The molecule has 1 aromatic carbocycles. The molecule has 0 bridgehead atoms. The van der Waals surface area contributed by atoms with Crippen LogP contribution >= 0.6 is 11.6 Å². The van der Waals surface area contributed by atoms with E-state index in [9.17, 15) is 9.00 Å². The Morgan fingerprint density at radius 2 is 2.03 bits per heavy atom. The standard InChI is InChI=1S/C20H23ClFN3O3S/c1-20(2,3)29(27)25-17(11-4-5-11)13-7-8-14(21)18(16(13)22)28-12-6-9-15(19(23)26)24-10-12/h6-11,17,25H,4-5H2,1-3H3,(H2,23,26)/t17-,29-/m1/s1. The molecule has 6 nitrogen and oxygen atoms in total. The van der Waals surface area contributed by atoms with Crippen LogP contribution in [0.15, 0.2) is 30.5 Å². The SMILES string of the molecule is CC(C)(C)[S@@](=O)N[C@@H](c1ccc(Cl)c(Oc2ccc(C(N)=O)nc2)c1F)C1CC1. The van der Waals surface area contributed by atoms with Gasteiger partial charge in [0.15, 0.2) is 11.6 Å². The van der Waals surface area contributed by atoms with Gasteiger partial charge in [0.25, 0.3) is 5.91 Å². The van der Waals surface area contributed by atoms with Crippen molar-refractivity contribution in [3.05, 3.63) is 52.6 Å². The topological polar surface area (TPSA) is 94.3 Å². The average Bonchev–Trinajstić information content (AvgIpc) is 3.48. The van der Waals surface area contributed by atoms with Crippen molar-refractivity contribution in [3.8, 4) is 11.5 Å². The number of hydrogen-bond donors (Lipinski definition) is 2. The fraction of sp³-hybridized carbons (Fsp3) is 0.400. The highest BCUT2D eigenvalue weighted by molar-refractivity contribution is 7.84. The summed E-state index contributed by atoms with van der Waals surface area (Å²) < 4.78 is 36.2. The number of pyridine rings is 1. The zero-order valence-corrected chi connectivity index (χ0v) is 17.9. The highest BCUT2D eigenvalue weighted by Crippen LogP contribution is 2.45. The maximum absolute atomic E-state index is 15.4. The van der Waals surface area contributed by atoms with Gasteiger partial charge in [-0.15, -0.1) is 0 Å². The van der Waals surface area contributed by atoms with E-state index in [-0.39, 0.29) is 28.1 Å². The van der Waals surface area contributed by atoms with Gasteiger partial charge in [-0.3, -0.25) is 4.79 Å². The molecule has 1 aliphatic rings. The Kier molecular flexibility index (Phi) is 6.26. The van der Waals surface area contributed by atoms with Gasteiger partial charge in [0, 0.05) is 5.56 Å². The molecule has 1 amide bonds. The van der Waals surface area contributed by atoms with E-state index in [2.05, 4.69) is 9.71 Å². The van der Waals surface area contributed by atoms with E-state index in [4.69, 9.17) is 22.1 Å². The van der Waals surface area contributed by atoms with Crippen molar-refractivity contribution in [2.45, 2.75) is 44.4 Å². The van der Waals surface area contributed by atoms with Crippen LogP contribution in [-0.2, 0) is 11.0 Å². The van der Waals surface area contributed by atoms with Gasteiger partial charge in [-0.25, -0.2) is 18.3 Å². The Hall–Kier alpha value is -2.03. The molecule has 1 saturated carbocycles. The smallest absolute Gasteiger partial charge is 0.267 e. The van der Waals surface area contributed by atoms with Crippen LogP contribution in [0.1, 0.15) is 55.7 Å². The molecule has 0 saturated heterocycles. The number of primary amides is 1. The summed E-state index contributed by atoms with van der Waals surface area (Å²) in [6, 6.07) is 5.58. The Morgan fingerprint density at radius 1 is 1.34 bits per heavy atom. The minimum Gasteiger partial charge on any atom is -0.451 e. The number of aromatic nitrogens is 1. The van der Waals surface area contributed by atoms with Gasteiger partial charge in [0.2, 0.25) is 0 Å². The van der Waals surface area contributed by atoms with E-state index in [1.54, 1.807) is 12.1 Å². The zero-order chi connectivity index (χ0) is 21.3. The van der Waals surface area contributed by atoms with Crippen LogP contribution in [0, 0.1) is 11.7 Å². The largest absolute Gasteiger partial charge is 0.451 e. The van der Waals surface area contributed by atoms with E-state index < -0.39 is 33.5 Å². The van der Waals surface area contributed by atoms with Crippen molar-refractivity contribution >= 4 is 28.5 Å². The molecule has 0 radical (unpaired) electrons. The molecule has 0 unspecified atom stereocenters. The summed E-state index contributed by atoms with van der Waals surface area (Å²) in [5.41, 5.74) is 5.59. The van der Waals surface area contributed by atoms with Crippen LogP contribution in [0.25, 0.3) is 0 Å². The van der Waals surface area contributed by atoms with Gasteiger partial charge in [0.05, 0.1) is 33.0 Å². The molecule has 1 aromatic heterocycles. The lowest BCUT2D eigenvalue weighted by atomic mass is 10.0. The van der Waals surface area contributed by atoms with Crippen molar-refractivity contribution in [1.29, 1.82) is 0 Å². The molecule has 2 atom stereocenters. The highest BCUT2D eigenvalue weighted by atomic mass is 35.5. The molecule has 1 fully saturated rings. The number of amides is 1. The number of halogens is 2. The molecule has 1 heterocycles. The third kappa shape index (κ3) is 5.12. The molecular weight excluding hydrogens is 417 g/mol. The predicted molar refractivity (Wildman–Crippen MR) is 111 cm³/mol. The second kappa shape index (κ2) is 8.38. The van der Waals surface area contributed by atoms with E-state index in [1.165, 1.54) is 18.3 Å². The molecule has 9 heteroatoms. The van der Waals surface area contributed by atoms with E-state index in [0.29, 0.717) is 5.56 Å². The Balaban J connectivity index is 1.91. The third-order valence-electron chi connectivity index (χ3n) is 4.51. The van der Waals surface area contributed by atoms with Gasteiger partial charge in [-0.1, -0.05) is 17.7 Å². The predicted octanol–water partition coefficient (Wildman–Crippen LogP) is 4.27. The second-order valence-corrected chi connectivity index (χ2v) is 10.3. The minimum atomic E-state index is -1.36. The Labute approximate surface area is 176 Å². The summed E-state index contributed by atoms with van der Waals surface area (Å²) in [6.45, 7) is 5.57. The summed E-state index contributed by atoms with van der Waals surface area (Å²) >= 11 is 6.17. The first kappa shape index (κ1) is 21.7. The molecular formula is C20H23ClFN3O3S. The first-order valence-corrected chi connectivity index (χ1v) is 10.7. The summed E-state index contributed by atoms with van der Waals surface area (Å²) in [5.74, 6) is -1.03. The number of benzene rings is 1. The maximum Gasteiger partial charge on any atom is 0.267 e. The quantitative estimate of drug-likeness (QED) is 0.673. The van der Waals surface area contributed by atoms with Crippen molar-refractivity contribution in [2.24, 2.45) is 11.7 Å². The number of nitrogens with two attached hydrogens (primary N) is 1. The number of nitrogens with one attached hydrogen (secondary N) is 1. The zero-order valence-electron chi connectivity index (χ0n) is 16.4. The van der Waals surface area contributed by atoms with Crippen molar-refractivity contribution in [2.75, 3.05) is 0 Å². The average molecular weight is 440 g/mol. The lowest BCUT2D eigenvalue weighted by molar-refractivity contribution is 0.0995. The maximum atomic E-state index is 15.4. The van der Waals surface area contributed by atoms with E-state index in [0.717, 1.165) is 12.8 Å². The number of ether oxygens (including phenoxy) is 1. The molecule has 29 heavy (non-hydrogen) atoms. The number of rotatable bonds is 7. The fourth-order valence-electron chi connectivity index (χ4n) is 2.72. The number of carbonyl (C=O) groups is 1. The molecule has 0 aliphatic heterocycles. The minimum absolute atomic E-state index is 0.0697. The number of carbonyl (C=O) groups excluding carboxylic acids is 1. The first-order valence-electron chi connectivity index (χ1n) is 9.17. The van der Waals surface area contributed by atoms with E-state index >= 15 is 4.39 Å². The first-order chi connectivity index (χ1) is 13.6. The van der Waals surface area contributed by atoms with Gasteiger partial charge in [-0.2, -0.15) is 0 Å². The number of hydrogen-bond acceptors (Lipinski definition) is 4. The summed E-state index contributed by atoms with van der Waals surface area (Å²) in [6.07, 6.45) is 3.12. The highest BCUT2D eigenvalue weighted by Gasteiger charge is 2.37. The lowest BCUT2D eigenvalue weighted by Crippen LogP contribution is -2.36. The molecule has 1 aliphatic carbocycles. The monoisotopic (exact) mass is 439 g/mol. The molecule has 2 aromatic rings. The fourth-order valence-corrected chi connectivity index (χ4v) is 3.81. The van der Waals surface area contributed by atoms with Gasteiger partial charge in [-0.05, 0) is 57.7 Å². The normalized spacial score (nSPS) is 16.3. The number of nitrogens with zero attached hydrogens (tertiary/aromatic N) is 1. The van der Waals surface area contributed by atoms with Gasteiger partial charge in [0.1, 0.15) is 11.4 Å². The van der Waals surface area contributed by atoms with Crippen molar-refractivity contribution in [1.82, 2.24) is 9.71 Å². The molecule has 3 rings (SSSR count). The van der Waals surface area contributed by atoms with Crippen LogP contribution in [0.2, 0.25) is 5.02 Å². The van der Waals surface area contributed by atoms with Crippen LogP contribution < -0.4 is 15.2 Å². The van der Waals surface area contributed by atoms with Crippen LogP contribution in [-0.4, -0.2) is 19.8 Å². The summed E-state index contributed by atoms with van der Waals surface area (Å²) in [7, 11) is -1.36. The molecule has 156 valence electrons. The van der Waals surface area contributed by atoms with Gasteiger partial charge >= 0.3 is 0 Å².